The molecule has 2 aromatic carbocycles. The normalized spacial score (nSPS) is 10.2. The molecule has 1 amide bonds. The van der Waals surface area contributed by atoms with E-state index in [1.54, 1.807) is 54.6 Å². The third kappa shape index (κ3) is 4.88. The number of para-hydroxylation sites is 2. The molecule has 0 fully saturated rings. The maximum Gasteiger partial charge on any atom is 0.339 e. The number of hydrogen-bond acceptors (Lipinski definition) is 6. The van der Waals surface area contributed by atoms with Crippen LogP contribution in [0.1, 0.15) is 10.4 Å². The van der Waals surface area contributed by atoms with Gasteiger partial charge in [-0.15, -0.1) is 0 Å². The lowest BCUT2D eigenvalue weighted by Gasteiger charge is -2.07. The van der Waals surface area contributed by atoms with Crippen LogP contribution in [0.2, 0.25) is 0 Å². The van der Waals surface area contributed by atoms with Crippen LogP contribution in [0.3, 0.4) is 0 Å². The Bertz CT molecular complexity index is 860. The molecular weight excluding hydrogens is 334 g/mol. The van der Waals surface area contributed by atoms with Crippen molar-refractivity contribution >= 4 is 34.7 Å². The van der Waals surface area contributed by atoms with Crippen molar-refractivity contribution in [2.24, 2.45) is 0 Å². The first-order valence-electron chi connectivity index (χ1n) is 7.62. The Morgan fingerprint density at radius 2 is 1.65 bits per heavy atom. The van der Waals surface area contributed by atoms with Crippen LogP contribution in [-0.4, -0.2) is 30.5 Å². The van der Waals surface area contributed by atoms with E-state index in [9.17, 15) is 14.4 Å². The fraction of sp³-hybridized carbons (Fsp3) is 0.0526. The summed E-state index contributed by atoms with van der Waals surface area (Å²) >= 11 is 0. The Morgan fingerprint density at radius 1 is 1.00 bits per heavy atom. The number of carbonyl (C=O) groups excluding carboxylic acids is 3. The van der Waals surface area contributed by atoms with Crippen molar-refractivity contribution in [3.8, 4) is 0 Å². The second-order valence-electron chi connectivity index (χ2n) is 5.07. The minimum Gasteiger partial charge on any atom is -0.465 e. The molecule has 0 spiro atoms. The number of benzene rings is 2. The number of ketones is 1. The van der Waals surface area contributed by atoms with Crippen LogP contribution in [0.4, 0.5) is 11.4 Å². The molecule has 0 atom stereocenters. The van der Waals surface area contributed by atoms with Crippen LogP contribution in [0.5, 0.6) is 0 Å². The highest BCUT2D eigenvalue weighted by molar-refractivity contribution is 6.68. The van der Waals surface area contributed by atoms with Gasteiger partial charge < -0.3 is 15.4 Å². The number of carbonyl (C=O) groups is 3. The number of amides is 1. The first-order chi connectivity index (χ1) is 12.5. The van der Waals surface area contributed by atoms with Crippen LogP contribution < -0.4 is 10.6 Å². The summed E-state index contributed by atoms with van der Waals surface area (Å²) in [4.78, 5) is 35.5. The minimum atomic E-state index is -0.805. The van der Waals surface area contributed by atoms with E-state index in [1.807, 2.05) is 0 Å². The van der Waals surface area contributed by atoms with Crippen LogP contribution in [0, 0.1) is 5.41 Å². The second kappa shape index (κ2) is 8.93. The third-order valence-corrected chi connectivity index (χ3v) is 3.31. The van der Waals surface area contributed by atoms with Gasteiger partial charge in [0.05, 0.1) is 18.4 Å². The zero-order chi connectivity index (χ0) is 18.9. The van der Waals surface area contributed by atoms with E-state index >= 15 is 0 Å². The van der Waals surface area contributed by atoms with E-state index in [2.05, 4.69) is 15.4 Å². The van der Waals surface area contributed by atoms with Crippen LogP contribution >= 0.6 is 0 Å². The minimum absolute atomic E-state index is 0.295. The van der Waals surface area contributed by atoms with E-state index < -0.39 is 23.4 Å². The van der Waals surface area contributed by atoms with Crippen molar-refractivity contribution in [3.63, 3.8) is 0 Å². The van der Waals surface area contributed by atoms with Gasteiger partial charge in [0, 0.05) is 18.0 Å². The predicted molar refractivity (Wildman–Crippen MR) is 98.3 cm³/mol. The molecule has 0 saturated carbocycles. The molecule has 2 rings (SSSR count). The number of allylic oxidation sites excluding steroid dienone is 1. The van der Waals surface area contributed by atoms with Gasteiger partial charge in [-0.05, 0) is 24.3 Å². The lowest BCUT2D eigenvalue weighted by atomic mass is 10.2. The van der Waals surface area contributed by atoms with Crippen LogP contribution in [-0.2, 0) is 14.3 Å². The fourth-order valence-electron chi connectivity index (χ4n) is 2.01. The van der Waals surface area contributed by atoms with Gasteiger partial charge in [-0.25, -0.2) is 4.79 Å². The Balaban J connectivity index is 1.98. The summed E-state index contributed by atoms with van der Waals surface area (Å²) in [5.41, 5.74) is 0.518. The highest BCUT2D eigenvalue weighted by Crippen LogP contribution is 2.15. The second-order valence-corrected chi connectivity index (χ2v) is 5.07. The first kappa shape index (κ1) is 18.6. The van der Waals surface area contributed by atoms with Crippen molar-refractivity contribution in [2.75, 3.05) is 17.7 Å². The number of methoxy groups -OCH3 is 1. The summed E-state index contributed by atoms with van der Waals surface area (Å²) in [7, 11) is 1.27. The van der Waals surface area contributed by atoms with Gasteiger partial charge in [0.2, 0.25) is 5.78 Å². The molecule has 7 nitrogen and oxygen atoms in total. The van der Waals surface area contributed by atoms with Crippen LogP contribution in [0.15, 0.2) is 66.9 Å². The van der Waals surface area contributed by atoms with Gasteiger partial charge in [-0.2, -0.15) is 0 Å². The molecule has 0 radical (unpaired) electrons. The zero-order valence-electron chi connectivity index (χ0n) is 14.0. The number of esters is 1. The summed E-state index contributed by atoms with van der Waals surface area (Å²) < 4.78 is 4.67. The molecule has 132 valence electrons. The summed E-state index contributed by atoms with van der Waals surface area (Å²) in [6.45, 7) is 0. The monoisotopic (exact) mass is 351 g/mol. The average molecular weight is 351 g/mol. The molecule has 2 aromatic rings. The summed E-state index contributed by atoms with van der Waals surface area (Å²) in [5.74, 6) is -2.11. The van der Waals surface area contributed by atoms with Crippen molar-refractivity contribution in [3.05, 3.63) is 72.4 Å². The molecule has 0 aliphatic rings. The quantitative estimate of drug-likeness (QED) is 0.307. The molecule has 3 N–H and O–H groups in total. The van der Waals surface area contributed by atoms with Crippen molar-refractivity contribution < 1.29 is 19.1 Å². The average Bonchev–Trinajstić information content (AvgIpc) is 2.67. The lowest BCUT2D eigenvalue weighted by molar-refractivity contribution is -0.113. The van der Waals surface area contributed by atoms with Gasteiger partial charge in [0.25, 0.3) is 5.91 Å². The molecule has 0 heterocycles. The first-order valence-corrected chi connectivity index (χ1v) is 7.62. The Hall–Kier alpha value is -3.74. The van der Waals surface area contributed by atoms with Crippen molar-refractivity contribution in [1.29, 1.82) is 5.41 Å². The molecule has 26 heavy (non-hydrogen) atoms. The molecule has 7 heteroatoms. The predicted octanol–water partition coefficient (Wildman–Crippen LogP) is 2.63. The number of rotatable bonds is 7. The number of nitrogens with one attached hydrogen (secondary N) is 3. The van der Waals surface area contributed by atoms with Gasteiger partial charge in [0.15, 0.2) is 5.71 Å². The van der Waals surface area contributed by atoms with E-state index in [0.29, 0.717) is 16.9 Å². The highest BCUT2D eigenvalue weighted by atomic mass is 16.5. The van der Waals surface area contributed by atoms with Crippen molar-refractivity contribution in [2.45, 2.75) is 0 Å². The van der Waals surface area contributed by atoms with Gasteiger partial charge >= 0.3 is 5.97 Å². The van der Waals surface area contributed by atoms with E-state index in [4.69, 9.17) is 5.41 Å². The van der Waals surface area contributed by atoms with Gasteiger partial charge in [-0.3, -0.25) is 15.0 Å². The summed E-state index contributed by atoms with van der Waals surface area (Å²) in [6.07, 6.45) is 2.30. The SMILES string of the molecule is COC(=O)c1ccccc1N/C=C\C(=O)C(=N)C(=O)Nc1ccccc1. The molecule has 0 aliphatic carbocycles. The van der Waals surface area contributed by atoms with Gasteiger partial charge in [-0.1, -0.05) is 30.3 Å². The smallest absolute Gasteiger partial charge is 0.339 e. The lowest BCUT2D eigenvalue weighted by Crippen LogP contribution is -2.28. The summed E-state index contributed by atoms with van der Waals surface area (Å²) in [5, 5.41) is 12.9. The van der Waals surface area contributed by atoms with E-state index in [-0.39, 0.29) is 0 Å². The van der Waals surface area contributed by atoms with E-state index in [0.717, 1.165) is 6.08 Å². The standard InChI is InChI=1S/C19H17N3O4/c1-26-19(25)14-9-5-6-10-15(14)21-12-11-16(23)17(20)18(24)22-13-7-3-2-4-8-13/h2-12,20-21H,1H3,(H,22,24)/b12-11-,20-17?. The van der Waals surface area contributed by atoms with Gasteiger partial charge in [0.1, 0.15) is 0 Å². The molecule has 0 unspecified atom stereocenters. The molecule has 0 aliphatic heterocycles. The summed E-state index contributed by atoms with van der Waals surface area (Å²) in [6, 6.07) is 15.1. The fourth-order valence-corrected chi connectivity index (χ4v) is 2.01. The molecule has 0 aromatic heterocycles. The van der Waals surface area contributed by atoms with Crippen molar-refractivity contribution in [1.82, 2.24) is 0 Å². The van der Waals surface area contributed by atoms with E-state index in [1.165, 1.54) is 13.3 Å². The largest absolute Gasteiger partial charge is 0.465 e. The number of ether oxygens (including phenoxy) is 1. The maximum absolute atomic E-state index is 11.9. The number of anilines is 2. The molecule has 0 bridgehead atoms. The van der Waals surface area contributed by atoms with Crippen LogP contribution in [0.25, 0.3) is 0 Å². The maximum atomic E-state index is 11.9. The molecule has 0 saturated heterocycles. The Kier molecular flexibility index (Phi) is 6.39. The molecular formula is C19H17N3O4. The third-order valence-electron chi connectivity index (χ3n) is 3.31. The highest BCUT2D eigenvalue weighted by Gasteiger charge is 2.16. The Labute approximate surface area is 150 Å². The topological polar surface area (TPSA) is 108 Å². The Morgan fingerprint density at radius 3 is 2.35 bits per heavy atom. The number of hydrogen-bond donors (Lipinski definition) is 3. The zero-order valence-corrected chi connectivity index (χ0v) is 14.0.